The first-order chi connectivity index (χ1) is 10.4. The van der Waals surface area contributed by atoms with Gasteiger partial charge >= 0.3 is 0 Å². The normalized spacial score (nSPS) is 12.0. The first kappa shape index (κ1) is 24.0. The molecule has 0 unspecified atom stereocenters. The Kier molecular flexibility index (Phi) is 15.7. The predicted molar refractivity (Wildman–Crippen MR) is 98.8 cm³/mol. The van der Waals surface area contributed by atoms with E-state index in [1.807, 2.05) is 0 Å². The maximum absolute atomic E-state index is 6.27. The van der Waals surface area contributed by atoms with E-state index in [1.165, 1.54) is 0 Å². The van der Waals surface area contributed by atoms with E-state index in [1.54, 1.807) is 0 Å². The van der Waals surface area contributed by atoms with Gasteiger partial charge in [-0.15, -0.1) is 0 Å². The molecule has 0 spiro atoms. The van der Waals surface area contributed by atoms with Gasteiger partial charge in [-0.3, -0.25) is 0 Å². The van der Waals surface area contributed by atoms with E-state index in [9.17, 15) is 0 Å². The second-order valence-corrected chi connectivity index (χ2v) is 5.80. The number of nitrogens with one attached hydrogen (secondary N) is 2. The van der Waals surface area contributed by atoms with Gasteiger partial charge in [-0.25, -0.2) is 0 Å². The molecule has 0 heterocycles. The monoisotopic (exact) mass is 318 g/mol. The van der Waals surface area contributed by atoms with Crippen LogP contribution in [0, 0.1) is 0 Å². The lowest BCUT2D eigenvalue weighted by Crippen LogP contribution is -2.64. The van der Waals surface area contributed by atoms with Gasteiger partial charge in [0, 0.05) is 50.3 Å². The first-order valence-corrected chi connectivity index (χ1v) is 8.80. The molecular weight excluding hydrogens is 276 g/mol. The molecule has 0 atom stereocenters. The van der Waals surface area contributed by atoms with Gasteiger partial charge in [0.25, 0.3) is 0 Å². The van der Waals surface area contributed by atoms with Crippen molar-refractivity contribution >= 4 is 0 Å². The van der Waals surface area contributed by atoms with E-state index in [4.69, 9.17) is 22.9 Å². The Morgan fingerprint density at radius 2 is 0.864 bits per heavy atom. The Morgan fingerprint density at radius 3 is 1.05 bits per heavy atom. The van der Waals surface area contributed by atoms with E-state index in [-0.39, 0.29) is 11.1 Å². The van der Waals surface area contributed by atoms with Crippen molar-refractivity contribution in [1.29, 1.82) is 0 Å². The third-order valence-electron chi connectivity index (χ3n) is 4.64. The summed E-state index contributed by atoms with van der Waals surface area (Å²) in [5.41, 5.74) is 22.7. The summed E-state index contributed by atoms with van der Waals surface area (Å²) in [6.45, 7) is 13.6. The highest BCUT2D eigenvalue weighted by Crippen LogP contribution is 2.30. The Labute approximate surface area is 138 Å². The lowest BCUT2D eigenvalue weighted by molar-refractivity contribution is 0.189. The van der Waals surface area contributed by atoms with Crippen molar-refractivity contribution in [3.63, 3.8) is 0 Å². The standard InChI is InChI=1S/C10H24N2.C6H18N4/c1-5-9(11,6-2)10(12,7-3)8-4;7-1-3-9-5-6-10-4-2-8/h5-8,11-12H2,1-4H3;9-10H,1-8H2. The van der Waals surface area contributed by atoms with Crippen molar-refractivity contribution in [2.45, 2.75) is 64.5 Å². The molecule has 6 nitrogen and oxygen atoms in total. The Morgan fingerprint density at radius 1 is 0.591 bits per heavy atom. The molecule has 0 aromatic carbocycles. The van der Waals surface area contributed by atoms with Gasteiger partial charge in [0.05, 0.1) is 0 Å². The average molecular weight is 319 g/mol. The van der Waals surface area contributed by atoms with E-state index < -0.39 is 0 Å². The van der Waals surface area contributed by atoms with Gasteiger partial charge in [-0.05, 0) is 25.7 Å². The Balaban J connectivity index is 0. The lowest BCUT2D eigenvalue weighted by atomic mass is 9.71. The first-order valence-electron chi connectivity index (χ1n) is 8.80. The SMILES string of the molecule is CCC(N)(CC)C(N)(CC)CC.NCCNCCNCCN. The summed E-state index contributed by atoms with van der Waals surface area (Å²) in [6.07, 6.45) is 3.84. The Bertz CT molecular complexity index is 203. The van der Waals surface area contributed by atoms with Crippen LogP contribution in [0.4, 0.5) is 0 Å². The molecule has 0 saturated heterocycles. The molecule has 0 radical (unpaired) electrons. The molecule has 6 heteroatoms. The molecule has 0 aromatic rings. The minimum atomic E-state index is -0.184. The summed E-state index contributed by atoms with van der Waals surface area (Å²) in [7, 11) is 0. The minimum absolute atomic E-state index is 0.184. The molecule has 0 amide bonds. The van der Waals surface area contributed by atoms with E-state index >= 15 is 0 Å². The van der Waals surface area contributed by atoms with E-state index in [2.05, 4.69) is 38.3 Å². The van der Waals surface area contributed by atoms with Gasteiger partial charge < -0.3 is 33.6 Å². The van der Waals surface area contributed by atoms with Crippen molar-refractivity contribution in [1.82, 2.24) is 10.6 Å². The van der Waals surface area contributed by atoms with Crippen LogP contribution in [-0.4, -0.2) is 50.3 Å². The molecule has 22 heavy (non-hydrogen) atoms. The zero-order chi connectivity index (χ0) is 17.5. The molecule has 0 aliphatic heterocycles. The highest BCUT2D eigenvalue weighted by molar-refractivity contribution is 5.04. The molecule has 0 fully saturated rings. The topological polar surface area (TPSA) is 128 Å². The third kappa shape index (κ3) is 9.02. The maximum Gasteiger partial charge on any atom is 0.0331 e. The molecule has 10 N–H and O–H groups in total. The fraction of sp³-hybridized carbons (Fsp3) is 1.00. The molecule has 0 aromatic heterocycles. The smallest absolute Gasteiger partial charge is 0.0331 e. The number of hydrogen-bond donors (Lipinski definition) is 6. The fourth-order valence-corrected chi connectivity index (χ4v) is 2.54. The largest absolute Gasteiger partial charge is 0.329 e. The molecule has 0 aliphatic carbocycles. The second-order valence-electron chi connectivity index (χ2n) is 5.80. The number of rotatable bonds is 12. The van der Waals surface area contributed by atoms with Gasteiger partial charge in [0.2, 0.25) is 0 Å². The average Bonchev–Trinajstić information content (AvgIpc) is 2.57. The van der Waals surface area contributed by atoms with Gasteiger partial charge in [-0.1, -0.05) is 27.7 Å². The summed E-state index contributed by atoms with van der Waals surface area (Å²) in [5, 5.41) is 6.33. The van der Waals surface area contributed by atoms with Crippen LogP contribution in [0.3, 0.4) is 0 Å². The molecule has 0 aliphatic rings. The maximum atomic E-state index is 6.27. The van der Waals surface area contributed by atoms with Crippen LogP contribution in [0.25, 0.3) is 0 Å². The van der Waals surface area contributed by atoms with Crippen LogP contribution in [0.1, 0.15) is 53.4 Å². The van der Waals surface area contributed by atoms with Crippen molar-refractivity contribution in [3.8, 4) is 0 Å². The van der Waals surface area contributed by atoms with Crippen LogP contribution in [0.2, 0.25) is 0 Å². The molecule has 0 saturated carbocycles. The van der Waals surface area contributed by atoms with Crippen LogP contribution in [-0.2, 0) is 0 Å². The van der Waals surface area contributed by atoms with Crippen LogP contribution >= 0.6 is 0 Å². The zero-order valence-electron chi connectivity index (χ0n) is 15.4. The molecular formula is C16H42N6. The summed E-state index contributed by atoms with van der Waals surface area (Å²) < 4.78 is 0. The highest BCUT2D eigenvalue weighted by atomic mass is 14.9. The van der Waals surface area contributed by atoms with Crippen molar-refractivity contribution in [2.75, 3.05) is 39.3 Å². The van der Waals surface area contributed by atoms with E-state index in [0.717, 1.165) is 51.9 Å². The predicted octanol–water partition coefficient (Wildman–Crippen LogP) is 0.104. The van der Waals surface area contributed by atoms with Crippen LogP contribution in [0.15, 0.2) is 0 Å². The molecule has 0 rings (SSSR count). The Hall–Kier alpha value is -0.240. The molecule has 0 bridgehead atoms. The fourth-order valence-electron chi connectivity index (χ4n) is 2.54. The minimum Gasteiger partial charge on any atom is -0.329 e. The third-order valence-corrected chi connectivity index (χ3v) is 4.64. The van der Waals surface area contributed by atoms with Crippen molar-refractivity contribution in [3.05, 3.63) is 0 Å². The highest BCUT2D eigenvalue weighted by Gasteiger charge is 2.40. The van der Waals surface area contributed by atoms with Gasteiger partial charge in [-0.2, -0.15) is 0 Å². The van der Waals surface area contributed by atoms with Crippen molar-refractivity contribution in [2.24, 2.45) is 22.9 Å². The van der Waals surface area contributed by atoms with Crippen molar-refractivity contribution < 1.29 is 0 Å². The second kappa shape index (κ2) is 14.4. The molecule has 136 valence electrons. The number of nitrogens with two attached hydrogens (primary N) is 4. The van der Waals surface area contributed by atoms with E-state index in [0.29, 0.717) is 13.1 Å². The summed E-state index contributed by atoms with van der Waals surface area (Å²) in [6, 6.07) is 0. The number of hydrogen-bond acceptors (Lipinski definition) is 6. The van der Waals surface area contributed by atoms with Gasteiger partial charge in [0.1, 0.15) is 0 Å². The summed E-state index contributed by atoms with van der Waals surface area (Å²) >= 11 is 0. The lowest BCUT2D eigenvalue weighted by Gasteiger charge is -2.44. The zero-order valence-corrected chi connectivity index (χ0v) is 15.4. The quantitative estimate of drug-likeness (QED) is 0.283. The van der Waals surface area contributed by atoms with Gasteiger partial charge in [0.15, 0.2) is 0 Å². The summed E-state index contributed by atoms with van der Waals surface area (Å²) in [5.74, 6) is 0. The summed E-state index contributed by atoms with van der Waals surface area (Å²) in [4.78, 5) is 0. The van der Waals surface area contributed by atoms with Crippen LogP contribution in [0.5, 0.6) is 0 Å². The van der Waals surface area contributed by atoms with Crippen LogP contribution < -0.4 is 33.6 Å².